The van der Waals surface area contributed by atoms with Gasteiger partial charge in [0.25, 0.3) is 0 Å². The Balaban J connectivity index is 1.51. The quantitative estimate of drug-likeness (QED) is 0.927. The molecule has 0 radical (unpaired) electrons. The lowest BCUT2D eigenvalue weighted by molar-refractivity contribution is -0.130. The van der Waals surface area contributed by atoms with Gasteiger partial charge in [-0.25, -0.2) is 0 Å². The first kappa shape index (κ1) is 15.3. The highest BCUT2D eigenvalue weighted by molar-refractivity contribution is 6.30. The molecule has 1 saturated heterocycles. The van der Waals surface area contributed by atoms with Crippen molar-refractivity contribution in [1.29, 1.82) is 0 Å². The summed E-state index contributed by atoms with van der Waals surface area (Å²) in [5.74, 6) is 0.614. The fraction of sp³-hybridized carbons (Fsp3) is 0.529. The minimum Gasteiger partial charge on any atom is -0.351 e. The van der Waals surface area contributed by atoms with E-state index in [0.29, 0.717) is 18.0 Å². The van der Waals surface area contributed by atoms with E-state index in [-0.39, 0.29) is 29.7 Å². The zero-order valence-corrected chi connectivity index (χ0v) is 13.5. The maximum atomic E-state index is 12.3. The number of amides is 2. The second kappa shape index (κ2) is 6.29. The van der Waals surface area contributed by atoms with E-state index in [4.69, 9.17) is 11.6 Å². The molecular formula is C17H21ClN2O2. The molecule has 22 heavy (non-hydrogen) atoms. The third-order valence-electron chi connectivity index (χ3n) is 4.59. The van der Waals surface area contributed by atoms with E-state index in [1.165, 1.54) is 0 Å². The van der Waals surface area contributed by atoms with Crippen LogP contribution in [0.3, 0.4) is 0 Å². The molecule has 5 heteroatoms. The fourth-order valence-corrected chi connectivity index (χ4v) is 3.43. The summed E-state index contributed by atoms with van der Waals surface area (Å²) in [6, 6.07) is 7.84. The van der Waals surface area contributed by atoms with Crippen molar-refractivity contribution < 1.29 is 9.59 Å². The monoisotopic (exact) mass is 320 g/mol. The summed E-state index contributed by atoms with van der Waals surface area (Å²) in [5.41, 5.74) is 1.14. The number of rotatable bonds is 4. The zero-order chi connectivity index (χ0) is 15.7. The molecule has 1 aliphatic carbocycles. The fourth-order valence-electron chi connectivity index (χ4n) is 3.23. The lowest BCUT2D eigenvalue weighted by Gasteiger charge is -2.16. The van der Waals surface area contributed by atoms with Crippen LogP contribution in [0.15, 0.2) is 24.3 Å². The van der Waals surface area contributed by atoms with E-state index >= 15 is 0 Å². The summed E-state index contributed by atoms with van der Waals surface area (Å²) in [5, 5.41) is 3.81. The van der Waals surface area contributed by atoms with Gasteiger partial charge in [-0.3, -0.25) is 9.59 Å². The first-order valence-electron chi connectivity index (χ1n) is 7.92. The van der Waals surface area contributed by atoms with E-state index in [0.717, 1.165) is 24.9 Å². The molecule has 0 bridgehead atoms. The van der Waals surface area contributed by atoms with E-state index < -0.39 is 0 Å². The Bertz CT molecular complexity index is 590. The smallest absolute Gasteiger partial charge is 0.224 e. The van der Waals surface area contributed by atoms with Gasteiger partial charge in [0.1, 0.15) is 0 Å². The van der Waals surface area contributed by atoms with Crippen molar-refractivity contribution in [1.82, 2.24) is 10.2 Å². The number of hydrogen-bond donors (Lipinski definition) is 1. The molecule has 3 rings (SSSR count). The Kier molecular flexibility index (Phi) is 4.39. The van der Waals surface area contributed by atoms with Gasteiger partial charge in [0, 0.05) is 36.5 Å². The van der Waals surface area contributed by atoms with Crippen LogP contribution in [0.25, 0.3) is 0 Å². The molecule has 1 aromatic rings. The molecule has 2 amide bonds. The topological polar surface area (TPSA) is 49.4 Å². The normalized spacial score (nSPS) is 26.8. The van der Waals surface area contributed by atoms with Crippen LogP contribution in [0.5, 0.6) is 0 Å². The van der Waals surface area contributed by atoms with Crippen molar-refractivity contribution in [2.45, 2.75) is 38.1 Å². The third-order valence-corrected chi connectivity index (χ3v) is 4.83. The molecule has 2 fully saturated rings. The predicted molar refractivity (Wildman–Crippen MR) is 85.7 cm³/mol. The second-order valence-electron chi connectivity index (χ2n) is 6.19. The van der Waals surface area contributed by atoms with Crippen LogP contribution in [0.4, 0.5) is 0 Å². The van der Waals surface area contributed by atoms with Gasteiger partial charge in [-0.1, -0.05) is 30.7 Å². The van der Waals surface area contributed by atoms with Crippen LogP contribution in [0.1, 0.15) is 37.7 Å². The number of halogens is 1. The summed E-state index contributed by atoms with van der Waals surface area (Å²) in [6.45, 7) is 3.26. The highest BCUT2D eigenvalue weighted by Crippen LogP contribution is 2.48. The van der Waals surface area contributed by atoms with Gasteiger partial charge >= 0.3 is 0 Å². The maximum Gasteiger partial charge on any atom is 0.224 e. The van der Waals surface area contributed by atoms with Gasteiger partial charge in [-0.2, -0.15) is 0 Å². The van der Waals surface area contributed by atoms with Crippen molar-refractivity contribution in [2.24, 2.45) is 5.92 Å². The summed E-state index contributed by atoms with van der Waals surface area (Å²) in [7, 11) is 0. The number of nitrogens with zero attached hydrogens (tertiary/aromatic N) is 1. The van der Waals surface area contributed by atoms with Gasteiger partial charge in [0.15, 0.2) is 0 Å². The summed E-state index contributed by atoms with van der Waals surface area (Å²) in [6.07, 6.45) is 2.27. The molecule has 1 unspecified atom stereocenters. The van der Waals surface area contributed by atoms with Crippen molar-refractivity contribution in [2.75, 3.05) is 13.1 Å². The standard InChI is InChI=1S/C17H21ClN2O2/c1-2-16(21)20-7-6-13(10-20)19-17(22)15-9-14(15)11-4-3-5-12(18)8-11/h3-5,8,13-15H,2,6-7,9-10H2,1H3,(H,19,22)/t13?,14-,15+/m0/s1. The van der Waals surface area contributed by atoms with Crippen LogP contribution >= 0.6 is 11.6 Å². The predicted octanol–water partition coefficient (Wildman–Crippen LogP) is 2.57. The molecule has 1 aromatic carbocycles. The number of carbonyl (C=O) groups is 2. The highest BCUT2D eigenvalue weighted by Gasteiger charge is 2.44. The second-order valence-corrected chi connectivity index (χ2v) is 6.63. The van der Waals surface area contributed by atoms with Crippen molar-refractivity contribution in [3.8, 4) is 0 Å². The molecular weight excluding hydrogens is 300 g/mol. The number of hydrogen-bond acceptors (Lipinski definition) is 2. The molecule has 2 aliphatic rings. The van der Waals surface area contributed by atoms with Gasteiger partial charge in [-0.15, -0.1) is 0 Å². The van der Waals surface area contributed by atoms with Gasteiger partial charge in [0.2, 0.25) is 11.8 Å². The number of nitrogens with one attached hydrogen (secondary N) is 1. The summed E-state index contributed by atoms with van der Waals surface area (Å²) < 4.78 is 0. The average Bonchev–Trinajstić information content (AvgIpc) is 3.19. The maximum absolute atomic E-state index is 12.3. The Hall–Kier alpha value is -1.55. The Morgan fingerprint density at radius 1 is 1.41 bits per heavy atom. The van der Waals surface area contributed by atoms with Crippen LogP contribution in [-0.2, 0) is 9.59 Å². The molecule has 0 spiro atoms. The lowest BCUT2D eigenvalue weighted by atomic mass is 10.1. The average molecular weight is 321 g/mol. The highest BCUT2D eigenvalue weighted by atomic mass is 35.5. The van der Waals surface area contributed by atoms with E-state index in [1.807, 2.05) is 36.1 Å². The van der Waals surface area contributed by atoms with E-state index in [1.54, 1.807) is 0 Å². The molecule has 3 atom stereocenters. The van der Waals surface area contributed by atoms with Crippen LogP contribution in [-0.4, -0.2) is 35.8 Å². The largest absolute Gasteiger partial charge is 0.351 e. The molecule has 1 saturated carbocycles. The van der Waals surface area contributed by atoms with Crippen molar-refractivity contribution in [3.05, 3.63) is 34.9 Å². The Morgan fingerprint density at radius 2 is 2.23 bits per heavy atom. The SMILES string of the molecule is CCC(=O)N1CCC(NC(=O)[C@@H]2C[C@H]2c2cccc(Cl)c2)C1. The molecule has 0 aromatic heterocycles. The first-order valence-corrected chi connectivity index (χ1v) is 8.30. The molecule has 118 valence electrons. The molecule has 4 nitrogen and oxygen atoms in total. The minimum absolute atomic E-state index is 0.0504. The Morgan fingerprint density at radius 3 is 2.95 bits per heavy atom. The number of benzene rings is 1. The van der Waals surface area contributed by atoms with Crippen LogP contribution in [0, 0.1) is 5.92 Å². The Labute approximate surface area is 135 Å². The third kappa shape index (κ3) is 3.27. The van der Waals surface area contributed by atoms with E-state index in [2.05, 4.69) is 5.32 Å². The lowest BCUT2D eigenvalue weighted by Crippen LogP contribution is -2.39. The first-order chi connectivity index (χ1) is 10.6. The summed E-state index contributed by atoms with van der Waals surface area (Å²) in [4.78, 5) is 25.8. The number of likely N-dealkylation sites (tertiary alicyclic amines) is 1. The summed E-state index contributed by atoms with van der Waals surface area (Å²) >= 11 is 6.00. The van der Waals surface area contributed by atoms with Crippen LogP contribution in [0.2, 0.25) is 5.02 Å². The van der Waals surface area contributed by atoms with Crippen molar-refractivity contribution >= 4 is 23.4 Å². The number of carbonyl (C=O) groups excluding carboxylic acids is 2. The van der Waals surface area contributed by atoms with Gasteiger partial charge < -0.3 is 10.2 Å². The zero-order valence-electron chi connectivity index (χ0n) is 12.7. The van der Waals surface area contributed by atoms with Gasteiger partial charge in [-0.05, 0) is 36.5 Å². The van der Waals surface area contributed by atoms with Gasteiger partial charge in [0.05, 0.1) is 0 Å². The van der Waals surface area contributed by atoms with Crippen LogP contribution < -0.4 is 5.32 Å². The molecule has 1 heterocycles. The molecule has 1 N–H and O–H groups in total. The molecule has 1 aliphatic heterocycles. The van der Waals surface area contributed by atoms with E-state index in [9.17, 15) is 9.59 Å². The van der Waals surface area contributed by atoms with Crippen molar-refractivity contribution in [3.63, 3.8) is 0 Å². The minimum atomic E-state index is 0.0504.